The minimum Gasteiger partial charge on any atom is -0.377 e. The minimum absolute atomic E-state index is 0.376. The van der Waals surface area contributed by atoms with Gasteiger partial charge in [0.15, 0.2) is 0 Å². The molecule has 1 aliphatic rings. The van der Waals surface area contributed by atoms with Crippen LogP contribution in [-0.2, 0) is 24.9 Å². The maximum atomic E-state index is 5.83. The van der Waals surface area contributed by atoms with Crippen LogP contribution in [0.2, 0.25) is 0 Å². The summed E-state index contributed by atoms with van der Waals surface area (Å²) in [4.78, 5) is 2.48. The van der Waals surface area contributed by atoms with E-state index in [2.05, 4.69) is 53.5 Å². The van der Waals surface area contributed by atoms with Gasteiger partial charge in [0.2, 0.25) is 0 Å². The highest BCUT2D eigenvalue weighted by molar-refractivity contribution is 5.17. The Labute approximate surface area is 132 Å². The average molecular weight is 299 g/mol. The SMILES string of the molecule is Cc1nn(C)cc1CN(Cc1ccccc1)C[C@H]1CCCO1. The van der Waals surface area contributed by atoms with Crippen LogP contribution in [0.3, 0.4) is 0 Å². The van der Waals surface area contributed by atoms with Gasteiger partial charge in [-0.15, -0.1) is 0 Å². The molecule has 0 spiro atoms. The van der Waals surface area contributed by atoms with E-state index in [4.69, 9.17) is 4.74 Å². The molecule has 1 aliphatic heterocycles. The van der Waals surface area contributed by atoms with Crippen molar-refractivity contribution in [3.05, 3.63) is 53.3 Å². The van der Waals surface area contributed by atoms with Crippen LogP contribution in [-0.4, -0.2) is 33.9 Å². The van der Waals surface area contributed by atoms with Crippen molar-refractivity contribution in [3.63, 3.8) is 0 Å². The molecule has 0 aliphatic carbocycles. The van der Waals surface area contributed by atoms with Gasteiger partial charge in [-0.1, -0.05) is 30.3 Å². The lowest BCUT2D eigenvalue weighted by atomic mass is 10.1. The van der Waals surface area contributed by atoms with E-state index >= 15 is 0 Å². The molecule has 1 aromatic heterocycles. The summed E-state index contributed by atoms with van der Waals surface area (Å²) in [5.74, 6) is 0. The van der Waals surface area contributed by atoms with Gasteiger partial charge in [0.1, 0.15) is 0 Å². The van der Waals surface area contributed by atoms with Gasteiger partial charge in [0, 0.05) is 45.0 Å². The lowest BCUT2D eigenvalue weighted by molar-refractivity contribution is 0.0678. The molecule has 0 bridgehead atoms. The molecule has 118 valence electrons. The van der Waals surface area contributed by atoms with Gasteiger partial charge in [0.25, 0.3) is 0 Å². The fraction of sp³-hybridized carbons (Fsp3) is 0.500. The molecular weight excluding hydrogens is 274 g/mol. The van der Waals surface area contributed by atoms with Crippen LogP contribution in [0.25, 0.3) is 0 Å². The number of nitrogens with zero attached hydrogens (tertiary/aromatic N) is 3. The van der Waals surface area contributed by atoms with Crippen LogP contribution in [0.15, 0.2) is 36.5 Å². The van der Waals surface area contributed by atoms with E-state index in [0.717, 1.165) is 31.9 Å². The van der Waals surface area contributed by atoms with E-state index < -0.39 is 0 Å². The van der Waals surface area contributed by atoms with E-state index in [1.54, 1.807) is 0 Å². The van der Waals surface area contributed by atoms with E-state index in [-0.39, 0.29) is 0 Å². The Bertz CT molecular complexity index is 588. The fourth-order valence-corrected chi connectivity index (χ4v) is 3.15. The first-order valence-electron chi connectivity index (χ1n) is 8.08. The molecule has 0 unspecified atom stereocenters. The minimum atomic E-state index is 0.376. The molecule has 0 radical (unpaired) electrons. The second-order valence-electron chi connectivity index (χ2n) is 6.20. The van der Waals surface area contributed by atoms with Crippen molar-refractivity contribution in [2.75, 3.05) is 13.2 Å². The second-order valence-corrected chi connectivity index (χ2v) is 6.20. The van der Waals surface area contributed by atoms with Gasteiger partial charge in [-0.25, -0.2) is 0 Å². The first kappa shape index (κ1) is 15.3. The number of aryl methyl sites for hydroxylation is 2. The molecule has 4 nitrogen and oxygen atoms in total. The number of hydrogen-bond donors (Lipinski definition) is 0. The third kappa shape index (κ3) is 3.96. The summed E-state index contributed by atoms with van der Waals surface area (Å²) in [6, 6.07) is 10.7. The lowest BCUT2D eigenvalue weighted by Crippen LogP contribution is -2.31. The molecule has 0 amide bonds. The summed E-state index contributed by atoms with van der Waals surface area (Å²) < 4.78 is 7.73. The summed E-state index contributed by atoms with van der Waals surface area (Å²) >= 11 is 0. The summed E-state index contributed by atoms with van der Waals surface area (Å²) in [7, 11) is 1.98. The van der Waals surface area contributed by atoms with Crippen molar-refractivity contribution in [1.29, 1.82) is 0 Å². The predicted octanol–water partition coefficient (Wildman–Crippen LogP) is 2.91. The smallest absolute Gasteiger partial charge is 0.0703 e. The molecule has 3 rings (SSSR count). The monoisotopic (exact) mass is 299 g/mol. The van der Waals surface area contributed by atoms with Crippen molar-refractivity contribution < 1.29 is 4.74 Å². The van der Waals surface area contributed by atoms with E-state index in [1.807, 2.05) is 11.7 Å². The summed E-state index contributed by atoms with van der Waals surface area (Å²) in [6.07, 6.45) is 4.87. The molecule has 1 fully saturated rings. The largest absolute Gasteiger partial charge is 0.377 e. The Morgan fingerprint density at radius 1 is 1.27 bits per heavy atom. The van der Waals surface area contributed by atoms with Crippen molar-refractivity contribution in [2.45, 2.75) is 39.0 Å². The number of benzene rings is 1. The van der Waals surface area contributed by atoms with Crippen molar-refractivity contribution >= 4 is 0 Å². The number of hydrogen-bond acceptors (Lipinski definition) is 3. The standard InChI is InChI=1S/C18H25N3O/c1-15-17(12-20(2)19-15)13-21(14-18-9-6-10-22-18)11-16-7-4-3-5-8-16/h3-5,7-8,12,18H,6,9-11,13-14H2,1-2H3/t18-/m1/s1. The van der Waals surface area contributed by atoms with Gasteiger partial charge in [-0.05, 0) is 25.3 Å². The third-order valence-electron chi connectivity index (χ3n) is 4.24. The van der Waals surface area contributed by atoms with Crippen LogP contribution in [0.4, 0.5) is 0 Å². The molecule has 1 aromatic carbocycles. The lowest BCUT2D eigenvalue weighted by Gasteiger charge is -2.25. The van der Waals surface area contributed by atoms with Crippen LogP contribution >= 0.6 is 0 Å². The van der Waals surface area contributed by atoms with Crippen molar-refractivity contribution in [1.82, 2.24) is 14.7 Å². The zero-order valence-electron chi connectivity index (χ0n) is 13.5. The second kappa shape index (κ2) is 7.07. The van der Waals surface area contributed by atoms with Crippen LogP contribution in [0.5, 0.6) is 0 Å². The Hall–Kier alpha value is -1.65. The van der Waals surface area contributed by atoms with Crippen molar-refractivity contribution in [2.24, 2.45) is 7.05 Å². The Balaban J connectivity index is 1.71. The normalized spacial score (nSPS) is 18.2. The molecule has 1 atom stereocenters. The fourth-order valence-electron chi connectivity index (χ4n) is 3.15. The molecule has 1 saturated heterocycles. The quantitative estimate of drug-likeness (QED) is 0.821. The maximum Gasteiger partial charge on any atom is 0.0703 e. The van der Waals surface area contributed by atoms with E-state index in [9.17, 15) is 0 Å². The van der Waals surface area contributed by atoms with E-state index in [1.165, 1.54) is 24.0 Å². The summed E-state index contributed by atoms with van der Waals surface area (Å²) in [5.41, 5.74) is 3.77. The topological polar surface area (TPSA) is 30.3 Å². The van der Waals surface area contributed by atoms with Gasteiger partial charge < -0.3 is 4.74 Å². The van der Waals surface area contributed by atoms with Crippen LogP contribution in [0.1, 0.15) is 29.7 Å². The molecule has 2 heterocycles. The maximum absolute atomic E-state index is 5.83. The highest BCUT2D eigenvalue weighted by atomic mass is 16.5. The predicted molar refractivity (Wildman–Crippen MR) is 87.5 cm³/mol. The zero-order valence-corrected chi connectivity index (χ0v) is 13.5. The highest BCUT2D eigenvalue weighted by Gasteiger charge is 2.20. The first-order valence-corrected chi connectivity index (χ1v) is 8.08. The molecule has 0 N–H and O–H groups in total. The molecule has 0 saturated carbocycles. The number of aromatic nitrogens is 2. The number of rotatable bonds is 6. The van der Waals surface area contributed by atoms with Crippen LogP contribution < -0.4 is 0 Å². The average Bonchev–Trinajstić information content (AvgIpc) is 3.10. The molecule has 22 heavy (non-hydrogen) atoms. The van der Waals surface area contributed by atoms with Gasteiger partial charge in [-0.2, -0.15) is 5.10 Å². The zero-order chi connectivity index (χ0) is 15.4. The van der Waals surface area contributed by atoms with E-state index in [0.29, 0.717) is 6.10 Å². The first-order chi connectivity index (χ1) is 10.7. The Morgan fingerprint density at radius 3 is 2.73 bits per heavy atom. The Morgan fingerprint density at radius 2 is 2.09 bits per heavy atom. The molecule has 2 aromatic rings. The summed E-state index contributed by atoms with van der Waals surface area (Å²) in [6.45, 7) is 5.87. The Kier molecular flexibility index (Phi) is 4.90. The van der Waals surface area contributed by atoms with Gasteiger partial charge in [-0.3, -0.25) is 9.58 Å². The molecular formula is C18H25N3O. The van der Waals surface area contributed by atoms with Gasteiger partial charge in [0.05, 0.1) is 11.8 Å². The van der Waals surface area contributed by atoms with Crippen molar-refractivity contribution in [3.8, 4) is 0 Å². The third-order valence-corrected chi connectivity index (χ3v) is 4.24. The summed E-state index contributed by atoms with van der Waals surface area (Å²) in [5, 5.41) is 4.46. The molecule has 4 heteroatoms. The van der Waals surface area contributed by atoms with Gasteiger partial charge >= 0.3 is 0 Å². The number of ether oxygens (including phenoxy) is 1. The van der Waals surface area contributed by atoms with Crippen LogP contribution in [0, 0.1) is 6.92 Å². The highest BCUT2D eigenvalue weighted by Crippen LogP contribution is 2.18.